The van der Waals surface area contributed by atoms with E-state index in [-0.39, 0.29) is 11.6 Å². The molecule has 118 valence electrons. The van der Waals surface area contributed by atoms with Gasteiger partial charge in [0.2, 0.25) is 0 Å². The first-order valence-electron chi connectivity index (χ1n) is 6.83. The number of hydrogen-bond acceptors (Lipinski definition) is 3. The molecule has 1 heterocycles. The molecule has 0 unspecified atom stereocenters. The number of nitrogens with one attached hydrogen (secondary N) is 1. The first-order valence-corrected chi connectivity index (χ1v) is 7.21. The number of benzene rings is 2. The molecule has 1 N–H and O–H groups in total. The summed E-state index contributed by atoms with van der Waals surface area (Å²) in [6, 6.07) is 9.03. The number of rotatable bonds is 3. The van der Waals surface area contributed by atoms with E-state index in [1.165, 1.54) is 25.3 Å². The van der Waals surface area contributed by atoms with E-state index in [2.05, 4.69) is 5.32 Å². The van der Waals surface area contributed by atoms with Gasteiger partial charge in [0, 0.05) is 16.6 Å². The number of ether oxygens (including phenoxy) is 1. The normalized spacial score (nSPS) is 10.8. The van der Waals surface area contributed by atoms with Gasteiger partial charge in [-0.25, -0.2) is 4.39 Å². The van der Waals surface area contributed by atoms with Crippen LogP contribution in [-0.4, -0.2) is 13.0 Å². The molecule has 0 saturated carbocycles. The van der Waals surface area contributed by atoms with Gasteiger partial charge in [0.15, 0.2) is 5.76 Å². The Labute approximate surface area is 136 Å². The van der Waals surface area contributed by atoms with Gasteiger partial charge in [-0.2, -0.15) is 0 Å². The number of anilines is 1. The van der Waals surface area contributed by atoms with Crippen LogP contribution in [0.1, 0.15) is 16.1 Å². The lowest BCUT2D eigenvalue weighted by Gasteiger charge is -2.07. The van der Waals surface area contributed by atoms with Gasteiger partial charge in [-0.1, -0.05) is 11.6 Å². The van der Waals surface area contributed by atoms with Gasteiger partial charge >= 0.3 is 0 Å². The standard InChI is InChI=1S/C17H13ClFNO3/c1-9-12-7-10(19)3-5-14(12)23-16(9)17(21)20-11-4-6-15(22-2)13(18)8-11/h3-8H,1-2H3,(H,20,21). The number of carbonyl (C=O) groups is 1. The van der Waals surface area contributed by atoms with Crippen molar-refractivity contribution >= 4 is 34.2 Å². The van der Waals surface area contributed by atoms with Crippen LogP contribution in [0.4, 0.5) is 10.1 Å². The highest BCUT2D eigenvalue weighted by Crippen LogP contribution is 2.29. The highest BCUT2D eigenvalue weighted by molar-refractivity contribution is 6.32. The lowest BCUT2D eigenvalue weighted by atomic mass is 10.1. The van der Waals surface area contributed by atoms with E-state index in [0.29, 0.717) is 33.0 Å². The van der Waals surface area contributed by atoms with E-state index in [1.54, 1.807) is 25.1 Å². The first kappa shape index (κ1) is 15.4. The zero-order chi connectivity index (χ0) is 16.6. The van der Waals surface area contributed by atoms with Crippen LogP contribution >= 0.6 is 11.6 Å². The number of amides is 1. The summed E-state index contributed by atoms with van der Waals surface area (Å²) in [7, 11) is 1.51. The van der Waals surface area contributed by atoms with Crippen molar-refractivity contribution in [3.8, 4) is 5.75 Å². The van der Waals surface area contributed by atoms with Crippen molar-refractivity contribution in [2.75, 3.05) is 12.4 Å². The monoisotopic (exact) mass is 333 g/mol. The molecule has 2 aromatic carbocycles. The second-order valence-corrected chi connectivity index (χ2v) is 5.41. The summed E-state index contributed by atoms with van der Waals surface area (Å²) in [6.45, 7) is 1.71. The van der Waals surface area contributed by atoms with Gasteiger partial charge in [0.05, 0.1) is 12.1 Å². The Morgan fingerprint density at radius 3 is 2.74 bits per heavy atom. The van der Waals surface area contributed by atoms with Crippen molar-refractivity contribution in [1.82, 2.24) is 0 Å². The summed E-state index contributed by atoms with van der Waals surface area (Å²) in [4.78, 5) is 12.4. The van der Waals surface area contributed by atoms with Crippen molar-refractivity contribution in [3.05, 3.63) is 58.6 Å². The average Bonchev–Trinajstić information content (AvgIpc) is 2.84. The van der Waals surface area contributed by atoms with Crippen LogP contribution < -0.4 is 10.1 Å². The third-order valence-electron chi connectivity index (χ3n) is 3.51. The van der Waals surface area contributed by atoms with Gasteiger partial charge in [0.1, 0.15) is 17.1 Å². The molecule has 0 aliphatic rings. The molecule has 0 atom stereocenters. The Bertz CT molecular complexity index is 904. The molecule has 23 heavy (non-hydrogen) atoms. The molecule has 6 heteroatoms. The summed E-state index contributed by atoms with van der Waals surface area (Å²) < 4.78 is 23.9. The number of hydrogen-bond donors (Lipinski definition) is 1. The zero-order valence-corrected chi connectivity index (χ0v) is 13.2. The second-order valence-electron chi connectivity index (χ2n) is 5.00. The molecule has 0 saturated heterocycles. The largest absolute Gasteiger partial charge is 0.495 e. The van der Waals surface area contributed by atoms with Crippen LogP contribution in [-0.2, 0) is 0 Å². The van der Waals surface area contributed by atoms with Crippen molar-refractivity contribution in [2.24, 2.45) is 0 Å². The van der Waals surface area contributed by atoms with Gasteiger partial charge in [-0.15, -0.1) is 0 Å². The van der Waals surface area contributed by atoms with E-state index in [9.17, 15) is 9.18 Å². The van der Waals surface area contributed by atoms with Crippen molar-refractivity contribution in [3.63, 3.8) is 0 Å². The fraction of sp³-hybridized carbons (Fsp3) is 0.118. The van der Waals surface area contributed by atoms with E-state index in [1.807, 2.05) is 0 Å². The van der Waals surface area contributed by atoms with E-state index in [0.717, 1.165) is 0 Å². The minimum atomic E-state index is -0.430. The molecule has 1 amide bonds. The lowest BCUT2D eigenvalue weighted by Crippen LogP contribution is -2.12. The quantitative estimate of drug-likeness (QED) is 0.749. The Morgan fingerprint density at radius 2 is 2.04 bits per heavy atom. The number of halogens is 2. The van der Waals surface area contributed by atoms with Crippen LogP contribution in [0.3, 0.4) is 0 Å². The Kier molecular flexibility index (Phi) is 3.96. The summed E-state index contributed by atoms with van der Waals surface area (Å²) in [5.74, 6) is -0.159. The molecular formula is C17H13ClFNO3. The average molecular weight is 334 g/mol. The number of carbonyl (C=O) groups excluding carboxylic acids is 1. The summed E-state index contributed by atoms with van der Waals surface area (Å²) >= 11 is 6.03. The predicted octanol–water partition coefficient (Wildman–Crippen LogP) is 4.79. The van der Waals surface area contributed by atoms with Gasteiger partial charge in [-0.3, -0.25) is 4.79 Å². The maximum Gasteiger partial charge on any atom is 0.291 e. The molecule has 1 aromatic heterocycles. The van der Waals surface area contributed by atoms with Crippen LogP contribution in [0.5, 0.6) is 5.75 Å². The Hall–Kier alpha value is -2.53. The van der Waals surface area contributed by atoms with Crippen LogP contribution in [0.25, 0.3) is 11.0 Å². The highest BCUT2D eigenvalue weighted by Gasteiger charge is 2.18. The van der Waals surface area contributed by atoms with Crippen LogP contribution in [0.15, 0.2) is 40.8 Å². The van der Waals surface area contributed by atoms with Crippen LogP contribution in [0, 0.1) is 12.7 Å². The molecule has 0 fully saturated rings. The summed E-state index contributed by atoms with van der Waals surface area (Å²) in [5, 5.41) is 3.66. The molecule has 0 aliphatic heterocycles. The third-order valence-corrected chi connectivity index (χ3v) is 3.81. The molecule has 0 spiro atoms. The maximum absolute atomic E-state index is 13.3. The fourth-order valence-electron chi connectivity index (χ4n) is 2.34. The summed E-state index contributed by atoms with van der Waals surface area (Å²) in [5.41, 5.74) is 1.55. The minimum absolute atomic E-state index is 0.137. The SMILES string of the molecule is COc1ccc(NC(=O)c2oc3ccc(F)cc3c2C)cc1Cl. The van der Waals surface area contributed by atoms with Crippen molar-refractivity contribution in [1.29, 1.82) is 0 Å². The highest BCUT2D eigenvalue weighted by atomic mass is 35.5. The first-order chi connectivity index (χ1) is 11.0. The third kappa shape index (κ3) is 2.87. The summed E-state index contributed by atoms with van der Waals surface area (Å²) in [6.07, 6.45) is 0. The number of furan rings is 1. The van der Waals surface area contributed by atoms with E-state index in [4.69, 9.17) is 20.8 Å². The van der Waals surface area contributed by atoms with E-state index >= 15 is 0 Å². The van der Waals surface area contributed by atoms with Gasteiger partial charge in [-0.05, 0) is 43.3 Å². The molecule has 4 nitrogen and oxygen atoms in total. The van der Waals surface area contributed by atoms with Crippen LogP contribution in [0.2, 0.25) is 5.02 Å². The Balaban J connectivity index is 1.91. The zero-order valence-electron chi connectivity index (χ0n) is 12.4. The lowest BCUT2D eigenvalue weighted by molar-refractivity contribution is 0.0998. The molecule has 0 radical (unpaired) electrons. The molecule has 3 rings (SSSR count). The minimum Gasteiger partial charge on any atom is -0.495 e. The fourth-order valence-corrected chi connectivity index (χ4v) is 2.60. The second kappa shape index (κ2) is 5.93. The van der Waals surface area contributed by atoms with Crippen molar-refractivity contribution in [2.45, 2.75) is 6.92 Å². The van der Waals surface area contributed by atoms with Gasteiger partial charge in [0.25, 0.3) is 5.91 Å². The van der Waals surface area contributed by atoms with Crippen molar-refractivity contribution < 1.29 is 18.3 Å². The molecule has 3 aromatic rings. The molecule has 0 aliphatic carbocycles. The number of aryl methyl sites for hydroxylation is 1. The predicted molar refractivity (Wildman–Crippen MR) is 86.9 cm³/mol. The molecule has 0 bridgehead atoms. The maximum atomic E-state index is 13.3. The van der Waals surface area contributed by atoms with Gasteiger partial charge < -0.3 is 14.5 Å². The van der Waals surface area contributed by atoms with E-state index < -0.39 is 5.91 Å². The molecular weight excluding hydrogens is 321 g/mol. The topological polar surface area (TPSA) is 51.5 Å². The Morgan fingerprint density at radius 1 is 1.26 bits per heavy atom. The number of fused-ring (bicyclic) bond motifs is 1. The smallest absolute Gasteiger partial charge is 0.291 e. The number of methoxy groups -OCH3 is 1.